The summed E-state index contributed by atoms with van der Waals surface area (Å²) in [5.41, 5.74) is 5.82. The van der Waals surface area contributed by atoms with Crippen LogP contribution in [0, 0.1) is 17.8 Å². The summed E-state index contributed by atoms with van der Waals surface area (Å²) in [6, 6.07) is -0.225. The molecule has 31 heavy (non-hydrogen) atoms. The number of likely N-dealkylation sites (tertiary alicyclic amines) is 2. The number of aliphatic hydroxyl groups is 1. The number of nitrogens with two attached hydrogens (primary N) is 1. The molecule has 174 valence electrons. The van der Waals surface area contributed by atoms with Crippen LogP contribution in [0.3, 0.4) is 0 Å². The Morgan fingerprint density at radius 2 is 1.90 bits per heavy atom. The Kier molecular flexibility index (Phi) is 6.98. The number of aliphatic carboxylic acids is 1. The minimum Gasteiger partial charge on any atom is -0.477 e. The lowest BCUT2D eigenvalue weighted by Gasteiger charge is -2.46. The van der Waals surface area contributed by atoms with Crippen LogP contribution < -0.4 is 5.73 Å². The summed E-state index contributed by atoms with van der Waals surface area (Å²) in [6.45, 7) is 10.7. The molecular formula is C22H36N4O4S. The number of aliphatic hydroxyl groups excluding tert-OH is 1. The number of hydrogen-bond acceptors (Lipinski definition) is 7. The van der Waals surface area contributed by atoms with E-state index >= 15 is 0 Å². The summed E-state index contributed by atoms with van der Waals surface area (Å²) in [7, 11) is 0. The van der Waals surface area contributed by atoms with Crippen molar-refractivity contribution in [3.05, 3.63) is 10.6 Å². The van der Waals surface area contributed by atoms with Crippen LogP contribution in [0.4, 0.5) is 0 Å². The third kappa shape index (κ3) is 4.39. The molecule has 5 atom stereocenters. The molecule has 0 aliphatic carbocycles. The van der Waals surface area contributed by atoms with E-state index in [4.69, 9.17) is 5.73 Å². The summed E-state index contributed by atoms with van der Waals surface area (Å²) in [4.78, 5) is 31.7. The van der Waals surface area contributed by atoms with Crippen molar-refractivity contribution >= 4 is 23.6 Å². The molecule has 1 unspecified atom stereocenters. The highest BCUT2D eigenvalue weighted by atomic mass is 32.2. The van der Waals surface area contributed by atoms with Crippen molar-refractivity contribution in [2.24, 2.45) is 23.5 Å². The number of hydrogen-bond donors (Lipinski definition) is 3. The van der Waals surface area contributed by atoms with E-state index in [0.717, 1.165) is 63.1 Å². The molecule has 0 aromatic carbocycles. The molecule has 4 aliphatic rings. The van der Waals surface area contributed by atoms with Gasteiger partial charge >= 0.3 is 5.97 Å². The van der Waals surface area contributed by atoms with Crippen LogP contribution in [0.15, 0.2) is 10.6 Å². The molecule has 4 aliphatic heterocycles. The Bertz CT molecular complexity index is 737. The fraction of sp³-hybridized carbons (Fsp3) is 0.818. The molecule has 0 aromatic heterocycles. The van der Waals surface area contributed by atoms with Crippen molar-refractivity contribution in [2.45, 2.75) is 50.5 Å². The second kappa shape index (κ2) is 9.39. The number of nitrogens with zero attached hydrogens (tertiary/aromatic N) is 3. The third-order valence-corrected chi connectivity index (χ3v) is 9.04. The Morgan fingerprint density at radius 1 is 1.23 bits per heavy atom. The zero-order chi connectivity index (χ0) is 22.3. The van der Waals surface area contributed by atoms with Crippen molar-refractivity contribution in [3.63, 3.8) is 0 Å². The molecule has 8 nitrogen and oxygen atoms in total. The summed E-state index contributed by atoms with van der Waals surface area (Å²) in [6.07, 6.45) is 2.73. The van der Waals surface area contributed by atoms with Gasteiger partial charge in [-0.3, -0.25) is 4.79 Å². The lowest BCUT2D eigenvalue weighted by Crippen LogP contribution is -2.63. The van der Waals surface area contributed by atoms with Crippen LogP contribution in [0.1, 0.15) is 33.1 Å². The summed E-state index contributed by atoms with van der Waals surface area (Å²) in [5.74, 6) is -1.10. The number of carbonyl (C=O) groups is 2. The van der Waals surface area contributed by atoms with Crippen LogP contribution >= 0.6 is 11.8 Å². The fourth-order valence-corrected chi connectivity index (χ4v) is 7.38. The summed E-state index contributed by atoms with van der Waals surface area (Å²) >= 11 is 1.65. The number of carboxylic acids is 1. The van der Waals surface area contributed by atoms with E-state index in [1.165, 1.54) is 17.7 Å². The monoisotopic (exact) mass is 452 g/mol. The quantitative estimate of drug-likeness (QED) is 0.460. The predicted octanol–water partition coefficient (Wildman–Crippen LogP) is 0.618. The molecule has 1 amide bonds. The third-order valence-electron chi connectivity index (χ3n) is 7.50. The molecule has 3 saturated heterocycles. The second-order valence-electron chi connectivity index (χ2n) is 9.63. The number of amides is 1. The van der Waals surface area contributed by atoms with Crippen LogP contribution in [0.2, 0.25) is 0 Å². The van der Waals surface area contributed by atoms with Gasteiger partial charge in [0.2, 0.25) is 5.91 Å². The van der Waals surface area contributed by atoms with Gasteiger partial charge in [-0.15, -0.1) is 11.8 Å². The van der Waals surface area contributed by atoms with Crippen molar-refractivity contribution in [1.29, 1.82) is 0 Å². The van der Waals surface area contributed by atoms with Crippen molar-refractivity contribution in [1.82, 2.24) is 14.7 Å². The van der Waals surface area contributed by atoms with Gasteiger partial charge in [0.05, 0.1) is 18.1 Å². The summed E-state index contributed by atoms with van der Waals surface area (Å²) in [5, 5.41) is 20.2. The maximum absolute atomic E-state index is 12.5. The van der Waals surface area contributed by atoms with Crippen molar-refractivity contribution in [2.75, 3.05) is 45.8 Å². The minimum absolute atomic E-state index is 0.0469. The fourth-order valence-electron chi connectivity index (χ4n) is 5.86. The first-order chi connectivity index (χ1) is 14.8. The van der Waals surface area contributed by atoms with E-state index in [2.05, 4.69) is 9.80 Å². The van der Waals surface area contributed by atoms with E-state index < -0.39 is 18.0 Å². The highest BCUT2D eigenvalue weighted by Gasteiger charge is 2.60. The maximum atomic E-state index is 12.5. The van der Waals surface area contributed by atoms with Gasteiger partial charge in [0.15, 0.2) is 0 Å². The van der Waals surface area contributed by atoms with E-state index in [-0.39, 0.29) is 23.6 Å². The second-order valence-corrected chi connectivity index (χ2v) is 11.0. The van der Waals surface area contributed by atoms with Crippen LogP contribution in [0.5, 0.6) is 0 Å². The number of thioether (sulfide) groups is 1. The Hall–Kier alpha value is -1.13. The number of carbonyl (C=O) groups excluding carboxylic acids is 1. The smallest absolute Gasteiger partial charge is 0.353 e. The average molecular weight is 453 g/mol. The first-order valence-electron chi connectivity index (χ1n) is 11.6. The van der Waals surface area contributed by atoms with Gasteiger partial charge in [-0.05, 0) is 51.7 Å². The molecule has 4 N–H and O–H groups in total. The maximum Gasteiger partial charge on any atom is 0.353 e. The molecule has 0 aromatic rings. The predicted molar refractivity (Wildman–Crippen MR) is 120 cm³/mol. The van der Waals surface area contributed by atoms with E-state index in [1.807, 2.05) is 6.92 Å². The van der Waals surface area contributed by atoms with E-state index in [9.17, 15) is 19.8 Å². The van der Waals surface area contributed by atoms with Crippen LogP contribution in [-0.4, -0.2) is 100.0 Å². The first kappa shape index (κ1) is 23.0. The SMILES string of the molecule is C[C@@H](O)[C@H]1C(=O)N2C(C(=O)O)=C(SC3CCN(CC4CCN(CCN)CC4)C3)[C@H](C)[C@H]12. The van der Waals surface area contributed by atoms with Crippen molar-refractivity contribution in [3.8, 4) is 0 Å². The average Bonchev–Trinajstić information content (AvgIpc) is 3.25. The lowest BCUT2D eigenvalue weighted by atomic mass is 9.79. The molecule has 3 fully saturated rings. The number of piperidine rings is 1. The van der Waals surface area contributed by atoms with Gasteiger partial charge in [0, 0.05) is 42.3 Å². The normalized spacial score (nSPS) is 33.7. The largest absolute Gasteiger partial charge is 0.477 e. The van der Waals surface area contributed by atoms with E-state index in [0.29, 0.717) is 5.25 Å². The highest BCUT2D eigenvalue weighted by Crippen LogP contribution is 2.51. The Labute approximate surface area is 188 Å². The number of rotatable bonds is 8. The number of β-lactam (4-membered cyclic amide) rings is 1. The van der Waals surface area contributed by atoms with Gasteiger partial charge in [-0.2, -0.15) is 0 Å². The topological polar surface area (TPSA) is 110 Å². The molecule has 4 rings (SSSR count). The van der Waals surface area contributed by atoms with Crippen LogP contribution in [0.25, 0.3) is 0 Å². The van der Waals surface area contributed by atoms with Gasteiger partial charge in [0.1, 0.15) is 5.70 Å². The molecule has 4 heterocycles. The molecular weight excluding hydrogens is 416 g/mol. The minimum atomic E-state index is -1.03. The molecule has 0 spiro atoms. The van der Waals surface area contributed by atoms with Gasteiger partial charge in [-0.1, -0.05) is 6.92 Å². The standard InChI is InChI=1S/C22H36N4O4S/c1-13-18-17(14(2)27)21(28)26(18)19(22(29)30)20(13)31-16-5-9-25(12-16)11-15-3-7-24(8-4-15)10-6-23/h13-18,27H,3-12,23H2,1-2H3,(H,29,30)/t13-,14-,16?,17-,18-/m1/s1. The molecule has 0 saturated carbocycles. The number of carboxylic acid groups (broad SMARTS) is 1. The highest BCUT2D eigenvalue weighted by molar-refractivity contribution is 8.03. The zero-order valence-electron chi connectivity index (χ0n) is 18.6. The number of fused-ring (bicyclic) bond motifs is 1. The molecule has 9 heteroatoms. The van der Waals surface area contributed by atoms with Gasteiger partial charge in [0.25, 0.3) is 0 Å². The van der Waals surface area contributed by atoms with Gasteiger partial charge < -0.3 is 30.6 Å². The van der Waals surface area contributed by atoms with E-state index in [1.54, 1.807) is 18.7 Å². The molecule has 0 radical (unpaired) electrons. The van der Waals surface area contributed by atoms with Gasteiger partial charge in [-0.25, -0.2) is 4.79 Å². The first-order valence-corrected chi connectivity index (χ1v) is 12.5. The van der Waals surface area contributed by atoms with Crippen molar-refractivity contribution < 1.29 is 19.8 Å². The Balaban J connectivity index is 1.34. The Morgan fingerprint density at radius 3 is 2.52 bits per heavy atom. The zero-order valence-corrected chi connectivity index (χ0v) is 19.4. The summed E-state index contributed by atoms with van der Waals surface area (Å²) < 4.78 is 0. The molecule has 0 bridgehead atoms. The van der Waals surface area contributed by atoms with Crippen LogP contribution in [-0.2, 0) is 9.59 Å². The lowest BCUT2D eigenvalue weighted by molar-refractivity contribution is -0.163.